The van der Waals surface area contributed by atoms with E-state index in [1.165, 1.54) is 18.6 Å². The summed E-state index contributed by atoms with van der Waals surface area (Å²) in [7, 11) is 0. The topological polar surface area (TPSA) is 48.9 Å². The first kappa shape index (κ1) is 16.6. The molecule has 0 aromatic carbocycles. The summed E-state index contributed by atoms with van der Waals surface area (Å²) >= 11 is 5.26. The lowest BCUT2D eigenvalue weighted by Crippen LogP contribution is -2.39. The third kappa shape index (κ3) is 6.72. The second-order valence-electron chi connectivity index (χ2n) is 6.05. The average Bonchev–Trinajstić information content (AvgIpc) is 2.51. The van der Waals surface area contributed by atoms with E-state index in [9.17, 15) is 0 Å². The number of hydrazone groups is 1. The van der Waals surface area contributed by atoms with Gasteiger partial charge in [-0.2, -0.15) is 5.10 Å². The minimum atomic E-state index is 0.641. The second kappa shape index (κ2) is 9.33. The van der Waals surface area contributed by atoms with Crippen LogP contribution in [0.25, 0.3) is 0 Å². The normalized spacial score (nSPS) is 25.8. The van der Waals surface area contributed by atoms with Crippen LogP contribution in [-0.4, -0.2) is 55.1 Å². The zero-order valence-electron chi connectivity index (χ0n) is 13.1. The molecule has 0 radical (unpaired) electrons. The number of thiocarbonyl (C=S) groups is 1. The molecule has 2 rings (SSSR count). The summed E-state index contributed by atoms with van der Waals surface area (Å²) in [6.45, 7) is 8.11. The molecule has 1 saturated carbocycles. The van der Waals surface area contributed by atoms with Crippen LogP contribution in [0.3, 0.4) is 0 Å². The Bertz CT molecular complexity index is 356. The van der Waals surface area contributed by atoms with Crippen molar-refractivity contribution >= 4 is 23.0 Å². The predicted molar refractivity (Wildman–Crippen MR) is 90.7 cm³/mol. The van der Waals surface area contributed by atoms with E-state index in [0.717, 1.165) is 64.6 Å². The highest BCUT2D eigenvalue weighted by Crippen LogP contribution is 2.20. The van der Waals surface area contributed by atoms with Gasteiger partial charge in [-0.05, 0) is 56.8 Å². The fraction of sp³-hybridized carbons (Fsp3) is 0.867. The molecule has 1 aliphatic carbocycles. The number of ether oxygens (including phenoxy) is 1. The van der Waals surface area contributed by atoms with Crippen LogP contribution in [0.2, 0.25) is 0 Å². The summed E-state index contributed by atoms with van der Waals surface area (Å²) in [4.78, 5) is 2.44. The first-order chi connectivity index (χ1) is 10.2. The van der Waals surface area contributed by atoms with Gasteiger partial charge in [0.1, 0.15) is 0 Å². The molecule has 0 aromatic rings. The van der Waals surface area contributed by atoms with Crippen LogP contribution >= 0.6 is 12.2 Å². The van der Waals surface area contributed by atoms with Crippen molar-refractivity contribution in [3.05, 3.63) is 0 Å². The van der Waals surface area contributed by atoms with Gasteiger partial charge in [-0.3, -0.25) is 10.3 Å². The summed E-state index contributed by atoms with van der Waals surface area (Å²) in [5.41, 5.74) is 4.24. The molecule has 0 aromatic heterocycles. The number of hydrogen-bond acceptors (Lipinski definition) is 4. The molecule has 0 unspecified atom stereocenters. The summed E-state index contributed by atoms with van der Waals surface area (Å²) in [6, 6.07) is 0. The van der Waals surface area contributed by atoms with Crippen LogP contribution in [0, 0.1) is 5.92 Å². The number of hydrogen-bond donors (Lipinski definition) is 2. The first-order valence-corrected chi connectivity index (χ1v) is 8.54. The van der Waals surface area contributed by atoms with Gasteiger partial charge in [0.2, 0.25) is 0 Å². The predicted octanol–water partition coefficient (Wildman–Crippen LogP) is 1.74. The largest absolute Gasteiger partial charge is 0.379 e. The molecule has 120 valence electrons. The van der Waals surface area contributed by atoms with Gasteiger partial charge in [-0.25, -0.2) is 0 Å². The Morgan fingerprint density at radius 3 is 3.00 bits per heavy atom. The van der Waals surface area contributed by atoms with Crippen LogP contribution in [-0.2, 0) is 4.74 Å². The summed E-state index contributed by atoms with van der Waals surface area (Å²) in [5, 5.41) is 8.31. The highest BCUT2D eigenvalue weighted by atomic mass is 32.1. The van der Waals surface area contributed by atoms with Crippen molar-refractivity contribution < 1.29 is 4.74 Å². The van der Waals surface area contributed by atoms with Crippen molar-refractivity contribution in [1.82, 2.24) is 15.6 Å². The van der Waals surface area contributed by atoms with E-state index in [4.69, 9.17) is 17.0 Å². The van der Waals surface area contributed by atoms with Crippen molar-refractivity contribution in [3.8, 4) is 0 Å². The SMILES string of the molecule is C[C@H]1CCC/C(=N/NC(=S)NCCCN2CCOCC2)C1. The average molecular weight is 312 g/mol. The molecule has 2 fully saturated rings. The molecule has 2 N–H and O–H groups in total. The smallest absolute Gasteiger partial charge is 0.186 e. The van der Waals surface area contributed by atoms with Gasteiger partial charge < -0.3 is 10.1 Å². The maximum Gasteiger partial charge on any atom is 0.186 e. The van der Waals surface area contributed by atoms with Gasteiger partial charge in [0.15, 0.2) is 5.11 Å². The fourth-order valence-corrected chi connectivity index (χ4v) is 3.01. The quantitative estimate of drug-likeness (QED) is 0.460. The van der Waals surface area contributed by atoms with E-state index in [1.807, 2.05) is 0 Å². The number of nitrogens with one attached hydrogen (secondary N) is 2. The van der Waals surface area contributed by atoms with Crippen molar-refractivity contribution in [2.45, 2.75) is 39.0 Å². The van der Waals surface area contributed by atoms with Gasteiger partial charge in [0.25, 0.3) is 0 Å². The van der Waals surface area contributed by atoms with Crippen molar-refractivity contribution in [2.24, 2.45) is 11.0 Å². The lowest BCUT2D eigenvalue weighted by Gasteiger charge is -2.26. The zero-order valence-corrected chi connectivity index (χ0v) is 13.9. The van der Waals surface area contributed by atoms with Gasteiger partial charge in [0, 0.05) is 25.3 Å². The Kier molecular flexibility index (Phi) is 7.39. The molecule has 1 atom stereocenters. The van der Waals surface area contributed by atoms with E-state index in [1.54, 1.807) is 0 Å². The molecule has 0 spiro atoms. The van der Waals surface area contributed by atoms with E-state index in [0.29, 0.717) is 5.11 Å². The van der Waals surface area contributed by atoms with Gasteiger partial charge >= 0.3 is 0 Å². The minimum absolute atomic E-state index is 0.641. The zero-order chi connectivity index (χ0) is 14.9. The van der Waals surface area contributed by atoms with E-state index in [-0.39, 0.29) is 0 Å². The molecule has 0 bridgehead atoms. The van der Waals surface area contributed by atoms with Crippen LogP contribution < -0.4 is 10.7 Å². The first-order valence-electron chi connectivity index (χ1n) is 8.13. The highest BCUT2D eigenvalue weighted by molar-refractivity contribution is 7.80. The molecule has 2 aliphatic rings. The molecule has 1 heterocycles. The van der Waals surface area contributed by atoms with Crippen molar-refractivity contribution in [1.29, 1.82) is 0 Å². The number of nitrogens with zero attached hydrogens (tertiary/aromatic N) is 2. The molecular weight excluding hydrogens is 284 g/mol. The van der Waals surface area contributed by atoms with E-state index in [2.05, 4.69) is 27.7 Å². The Hall–Kier alpha value is -0.720. The molecule has 1 aliphatic heterocycles. The van der Waals surface area contributed by atoms with Crippen molar-refractivity contribution in [3.63, 3.8) is 0 Å². The fourth-order valence-electron chi connectivity index (χ4n) is 2.86. The lowest BCUT2D eigenvalue weighted by molar-refractivity contribution is 0.0376. The van der Waals surface area contributed by atoms with Crippen molar-refractivity contribution in [2.75, 3.05) is 39.4 Å². The lowest BCUT2D eigenvalue weighted by atomic mass is 9.89. The Morgan fingerprint density at radius 1 is 1.43 bits per heavy atom. The maximum absolute atomic E-state index is 5.34. The molecule has 21 heavy (non-hydrogen) atoms. The van der Waals surface area contributed by atoms with Gasteiger partial charge in [-0.1, -0.05) is 6.92 Å². The summed E-state index contributed by atoms with van der Waals surface area (Å²) in [6.07, 6.45) is 5.88. The van der Waals surface area contributed by atoms with Crippen LogP contribution in [0.4, 0.5) is 0 Å². The summed E-state index contributed by atoms with van der Waals surface area (Å²) in [5.74, 6) is 0.759. The van der Waals surface area contributed by atoms with E-state index < -0.39 is 0 Å². The molecule has 5 nitrogen and oxygen atoms in total. The van der Waals surface area contributed by atoms with Gasteiger partial charge in [0.05, 0.1) is 13.2 Å². The second-order valence-corrected chi connectivity index (χ2v) is 6.46. The molecule has 6 heteroatoms. The third-order valence-corrected chi connectivity index (χ3v) is 4.34. The monoisotopic (exact) mass is 312 g/mol. The third-order valence-electron chi connectivity index (χ3n) is 4.10. The molecule has 1 saturated heterocycles. The Morgan fingerprint density at radius 2 is 2.24 bits per heavy atom. The maximum atomic E-state index is 5.34. The number of morpholine rings is 1. The van der Waals surface area contributed by atoms with Crippen LogP contribution in [0.5, 0.6) is 0 Å². The molecular formula is C15H28N4OS. The van der Waals surface area contributed by atoms with Crippen LogP contribution in [0.15, 0.2) is 5.10 Å². The Labute approximate surface area is 133 Å². The number of rotatable bonds is 5. The summed E-state index contributed by atoms with van der Waals surface area (Å²) < 4.78 is 5.34. The van der Waals surface area contributed by atoms with Gasteiger partial charge in [-0.15, -0.1) is 0 Å². The van der Waals surface area contributed by atoms with Crippen LogP contribution in [0.1, 0.15) is 39.0 Å². The Balaban J connectivity index is 1.53. The molecule has 0 amide bonds. The van der Waals surface area contributed by atoms with E-state index >= 15 is 0 Å². The highest BCUT2D eigenvalue weighted by Gasteiger charge is 2.14. The standard InChI is InChI=1S/C15H28N4OS/c1-13-4-2-5-14(12-13)17-18-15(21)16-6-3-7-19-8-10-20-11-9-19/h13H,2-12H2,1H3,(H2,16,18,21)/b17-14-/t13-/m0/s1. The minimum Gasteiger partial charge on any atom is -0.379 e.